The predicted octanol–water partition coefficient (Wildman–Crippen LogP) is 3.95. The Morgan fingerprint density at radius 2 is 1.83 bits per heavy atom. The van der Waals surface area contributed by atoms with Crippen LogP contribution in [0.2, 0.25) is 0 Å². The molecule has 0 saturated heterocycles. The predicted molar refractivity (Wildman–Crippen MR) is 94.9 cm³/mol. The molecule has 0 saturated carbocycles. The Hall–Kier alpha value is -1.62. The molecule has 1 aromatic carbocycles. The minimum Gasteiger partial charge on any atom is -0.487 e. The lowest BCUT2D eigenvalue weighted by atomic mass is 10.0. The van der Waals surface area contributed by atoms with Crippen molar-refractivity contribution in [3.05, 3.63) is 29.8 Å². The van der Waals surface area contributed by atoms with Crippen molar-refractivity contribution in [2.24, 2.45) is 5.92 Å². The van der Waals surface area contributed by atoms with Crippen molar-refractivity contribution in [3.8, 4) is 5.75 Å². The summed E-state index contributed by atoms with van der Waals surface area (Å²) >= 11 is 5.22. The third kappa shape index (κ3) is 7.98. The van der Waals surface area contributed by atoms with Crippen molar-refractivity contribution in [3.63, 3.8) is 0 Å². The summed E-state index contributed by atoms with van der Waals surface area (Å²) < 4.78 is 16.0. The molecule has 0 heterocycles. The number of hydrogen-bond donors (Lipinski definition) is 0. The fourth-order valence-corrected chi connectivity index (χ4v) is 2.16. The van der Waals surface area contributed by atoms with Gasteiger partial charge in [-0.2, -0.15) is 0 Å². The molecule has 0 radical (unpaired) electrons. The van der Waals surface area contributed by atoms with Crippen molar-refractivity contribution < 1.29 is 19.0 Å². The first-order chi connectivity index (χ1) is 10.7. The highest BCUT2D eigenvalue weighted by Crippen LogP contribution is 2.17. The highest BCUT2D eigenvalue weighted by Gasteiger charge is 2.16. The van der Waals surface area contributed by atoms with Crippen LogP contribution in [0.1, 0.15) is 40.2 Å². The van der Waals surface area contributed by atoms with E-state index in [0.717, 1.165) is 12.0 Å². The molecule has 0 aliphatic rings. The topological polar surface area (TPSA) is 44.8 Å². The Balaban J connectivity index is 2.47. The Morgan fingerprint density at radius 3 is 2.35 bits per heavy atom. The quantitative estimate of drug-likeness (QED) is 0.556. The minimum atomic E-state index is -0.501. The Kier molecular flexibility index (Phi) is 7.49. The van der Waals surface area contributed by atoms with E-state index >= 15 is 0 Å². The monoisotopic (exact) mass is 338 g/mol. The minimum absolute atomic E-state index is 0.0958. The van der Waals surface area contributed by atoms with E-state index in [1.165, 1.54) is 0 Å². The van der Waals surface area contributed by atoms with E-state index in [1.54, 1.807) is 0 Å². The zero-order valence-corrected chi connectivity index (χ0v) is 15.4. The lowest BCUT2D eigenvalue weighted by Crippen LogP contribution is -2.27. The van der Waals surface area contributed by atoms with E-state index in [-0.39, 0.29) is 18.5 Å². The maximum Gasteiger partial charge on any atom is 0.344 e. The highest BCUT2D eigenvalue weighted by atomic mass is 32.1. The summed E-state index contributed by atoms with van der Waals surface area (Å²) in [6.07, 6.45) is 0.811. The smallest absolute Gasteiger partial charge is 0.344 e. The zero-order chi connectivity index (χ0) is 17.5. The van der Waals surface area contributed by atoms with E-state index in [4.69, 9.17) is 26.4 Å². The van der Waals surface area contributed by atoms with Crippen molar-refractivity contribution in [1.82, 2.24) is 0 Å². The molecule has 1 unspecified atom stereocenters. The first kappa shape index (κ1) is 19.4. The summed E-state index contributed by atoms with van der Waals surface area (Å²) in [5.74, 6) is 0.440. The van der Waals surface area contributed by atoms with Gasteiger partial charge in [0.15, 0.2) is 11.7 Å². The molecule has 0 spiro atoms. The van der Waals surface area contributed by atoms with Crippen molar-refractivity contribution in [2.75, 3.05) is 13.2 Å². The summed E-state index contributed by atoms with van der Waals surface area (Å²) in [6.45, 7) is 9.96. The third-order valence-electron chi connectivity index (χ3n) is 2.93. The molecule has 0 fully saturated rings. The summed E-state index contributed by atoms with van der Waals surface area (Å²) in [7, 11) is 0. The Bertz CT molecular complexity index is 517. The number of carbonyl (C=O) groups excluding carboxylic acids is 1. The van der Waals surface area contributed by atoms with E-state index in [0.29, 0.717) is 17.4 Å². The molecule has 4 nitrogen and oxygen atoms in total. The van der Waals surface area contributed by atoms with Gasteiger partial charge in [0, 0.05) is 5.92 Å². The second-order valence-electron chi connectivity index (χ2n) is 6.38. The summed E-state index contributed by atoms with van der Waals surface area (Å²) in [5, 5.41) is 0.637. The average molecular weight is 338 g/mol. The largest absolute Gasteiger partial charge is 0.487 e. The van der Waals surface area contributed by atoms with Gasteiger partial charge >= 0.3 is 5.97 Å². The SMILES string of the molecule is CCOC(=S)C(C)Cc1ccc(OCC(=O)OC(C)(C)C)cc1. The molecule has 128 valence electrons. The van der Waals surface area contributed by atoms with Crippen LogP contribution < -0.4 is 4.74 Å². The first-order valence-corrected chi connectivity index (χ1v) is 8.22. The number of thiocarbonyl (C=S) groups is 1. The lowest BCUT2D eigenvalue weighted by Gasteiger charge is -2.19. The Morgan fingerprint density at radius 1 is 1.22 bits per heavy atom. The van der Waals surface area contributed by atoms with Gasteiger partial charge in [0.2, 0.25) is 0 Å². The first-order valence-electron chi connectivity index (χ1n) is 7.81. The van der Waals surface area contributed by atoms with Gasteiger partial charge in [-0.1, -0.05) is 19.1 Å². The van der Waals surface area contributed by atoms with E-state index in [2.05, 4.69) is 0 Å². The molecule has 0 amide bonds. The van der Waals surface area contributed by atoms with Crippen LogP contribution in [-0.2, 0) is 20.7 Å². The number of rotatable bonds is 7. The van der Waals surface area contributed by atoms with Gasteiger partial charge in [-0.15, -0.1) is 0 Å². The highest BCUT2D eigenvalue weighted by molar-refractivity contribution is 7.80. The van der Waals surface area contributed by atoms with Crippen molar-refractivity contribution >= 4 is 23.2 Å². The van der Waals surface area contributed by atoms with Crippen LogP contribution in [0.3, 0.4) is 0 Å². The van der Waals surface area contributed by atoms with Crippen LogP contribution in [0, 0.1) is 5.92 Å². The molecule has 0 aliphatic heterocycles. The van der Waals surface area contributed by atoms with Crippen LogP contribution in [0.4, 0.5) is 0 Å². The summed E-state index contributed by atoms with van der Waals surface area (Å²) in [4.78, 5) is 11.6. The van der Waals surface area contributed by atoms with Gasteiger partial charge in [-0.25, -0.2) is 4.79 Å². The normalized spacial score (nSPS) is 12.4. The van der Waals surface area contributed by atoms with Gasteiger partial charge in [-0.3, -0.25) is 0 Å². The molecular weight excluding hydrogens is 312 g/mol. The van der Waals surface area contributed by atoms with E-state index in [1.807, 2.05) is 58.9 Å². The molecule has 1 aromatic rings. The molecular formula is C18H26O4S. The van der Waals surface area contributed by atoms with Crippen LogP contribution in [0.5, 0.6) is 5.75 Å². The van der Waals surface area contributed by atoms with Crippen molar-refractivity contribution in [1.29, 1.82) is 0 Å². The second-order valence-corrected chi connectivity index (χ2v) is 6.78. The molecule has 23 heavy (non-hydrogen) atoms. The molecule has 0 N–H and O–H groups in total. The molecule has 0 aromatic heterocycles. The van der Waals surface area contributed by atoms with Crippen LogP contribution in [-0.4, -0.2) is 29.8 Å². The molecule has 5 heteroatoms. The lowest BCUT2D eigenvalue weighted by molar-refractivity contribution is -0.157. The number of hydrogen-bond acceptors (Lipinski definition) is 5. The number of esters is 1. The average Bonchev–Trinajstić information content (AvgIpc) is 2.45. The molecule has 0 aliphatic carbocycles. The van der Waals surface area contributed by atoms with Crippen LogP contribution in [0.15, 0.2) is 24.3 Å². The third-order valence-corrected chi connectivity index (χ3v) is 3.45. The molecule has 1 rings (SSSR count). The van der Waals surface area contributed by atoms with Gasteiger partial charge in [0.25, 0.3) is 0 Å². The number of carbonyl (C=O) groups is 1. The Labute approximate surface area is 144 Å². The second kappa shape index (κ2) is 8.87. The zero-order valence-electron chi connectivity index (χ0n) is 14.5. The number of benzene rings is 1. The van der Waals surface area contributed by atoms with Crippen LogP contribution in [0.25, 0.3) is 0 Å². The van der Waals surface area contributed by atoms with Gasteiger partial charge < -0.3 is 14.2 Å². The van der Waals surface area contributed by atoms with Gasteiger partial charge in [0.05, 0.1) is 6.61 Å². The van der Waals surface area contributed by atoms with Gasteiger partial charge in [-0.05, 0) is 64.0 Å². The van der Waals surface area contributed by atoms with Crippen LogP contribution >= 0.6 is 12.2 Å². The maximum atomic E-state index is 11.6. The van der Waals surface area contributed by atoms with Gasteiger partial charge in [0.1, 0.15) is 11.4 Å². The summed E-state index contributed by atoms with van der Waals surface area (Å²) in [6, 6.07) is 7.62. The standard InChI is InChI=1S/C18H26O4S/c1-6-20-17(23)13(2)11-14-7-9-15(10-8-14)21-12-16(19)22-18(3,4)5/h7-10,13H,6,11-12H2,1-5H3. The van der Waals surface area contributed by atoms with Crippen molar-refractivity contribution in [2.45, 2.75) is 46.6 Å². The number of ether oxygens (including phenoxy) is 3. The molecule has 1 atom stereocenters. The fourth-order valence-electron chi connectivity index (χ4n) is 1.96. The molecule has 0 bridgehead atoms. The van der Waals surface area contributed by atoms with E-state index < -0.39 is 5.60 Å². The maximum absolute atomic E-state index is 11.6. The fraction of sp³-hybridized carbons (Fsp3) is 0.556. The van der Waals surface area contributed by atoms with E-state index in [9.17, 15) is 4.79 Å². The summed E-state index contributed by atoms with van der Waals surface area (Å²) in [5.41, 5.74) is 0.642.